The van der Waals surface area contributed by atoms with Crippen LogP contribution in [-0.2, 0) is 0 Å². The number of aliphatic imine (C=N–C) groups is 1. The molecule has 0 unspecified atom stereocenters. The molecule has 5 heteroatoms. The second kappa shape index (κ2) is 9.08. The SMILES string of the molecule is NC(=NCCCN1CCCC1)Nc1cccc(Oc2ccccc2)c1. The van der Waals surface area contributed by atoms with Crippen LogP contribution in [0.25, 0.3) is 0 Å². The highest BCUT2D eigenvalue weighted by atomic mass is 16.5. The van der Waals surface area contributed by atoms with Gasteiger partial charge in [-0.3, -0.25) is 4.99 Å². The molecule has 0 amide bonds. The lowest BCUT2D eigenvalue weighted by molar-refractivity contribution is 0.336. The molecule has 0 atom stereocenters. The molecule has 1 heterocycles. The quantitative estimate of drug-likeness (QED) is 0.459. The molecule has 3 N–H and O–H groups in total. The number of guanidine groups is 1. The third kappa shape index (κ3) is 5.80. The first kappa shape index (κ1) is 17.3. The van der Waals surface area contributed by atoms with Crippen LogP contribution in [-0.4, -0.2) is 37.0 Å². The number of hydrogen-bond donors (Lipinski definition) is 2. The number of para-hydroxylation sites is 1. The summed E-state index contributed by atoms with van der Waals surface area (Å²) in [6, 6.07) is 17.4. The molecule has 25 heavy (non-hydrogen) atoms. The van der Waals surface area contributed by atoms with Crippen molar-refractivity contribution in [3.63, 3.8) is 0 Å². The van der Waals surface area contributed by atoms with Crippen molar-refractivity contribution in [3.8, 4) is 11.5 Å². The molecule has 2 aromatic rings. The minimum absolute atomic E-state index is 0.443. The van der Waals surface area contributed by atoms with Crippen LogP contribution in [0, 0.1) is 0 Å². The molecule has 1 aliphatic rings. The minimum Gasteiger partial charge on any atom is -0.457 e. The van der Waals surface area contributed by atoms with Gasteiger partial charge in [0, 0.05) is 18.3 Å². The van der Waals surface area contributed by atoms with Crippen molar-refractivity contribution in [2.45, 2.75) is 19.3 Å². The van der Waals surface area contributed by atoms with Crippen LogP contribution in [0.2, 0.25) is 0 Å². The monoisotopic (exact) mass is 338 g/mol. The Labute approximate surface area is 149 Å². The van der Waals surface area contributed by atoms with E-state index < -0.39 is 0 Å². The molecular weight excluding hydrogens is 312 g/mol. The fourth-order valence-corrected chi connectivity index (χ4v) is 2.95. The van der Waals surface area contributed by atoms with Gasteiger partial charge in [0.05, 0.1) is 0 Å². The Balaban J connectivity index is 1.48. The average Bonchev–Trinajstić information content (AvgIpc) is 3.13. The second-order valence-corrected chi connectivity index (χ2v) is 6.24. The summed E-state index contributed by atoms with van der Waals surface area (Å²) in [6.45, 7) is 4.31. The zero-order chi connectivity index (χ0) is 17.3. The van der Waals surface area contributed by atoms with Gasteiger partial charge in [0.2, 0.25) is 0 Å². The first-order valence-electron chi connectivity index (χ1n) is 8.92. The first-order chi connectivity index (χ1) is 12.3. The first-order valence-corrected chi connectivity index (χ1v) is 8.92. The van der Waals surface area contributed by atoms with Gasteiger partial charge in [-0.15, -0.1) is 0 Å². The van der Waals surface area contributed by atoms with E-state index in [9.17, 15) is 0 Å². The van der Waals surface area contributed by atoms with Crippen LogP contribution in [0.3, 0.4) is 0 Å². The third-order valence-corrected chi connectivity index (χ3v) is 4.20. The maximum atomic E-state index is 5.99. The smallest absolute Gasteiger partial charge is 0.193 e. The summed E-state index contributed by atoms with van der Waals surface area (Å²) in [5.41, 5.74) is 6.86. The van der Waals surface area contributed by atoms with E-state index in [1.165, 1.54) is 25.9 Å². The number of nitrogens with zero attached hydrogens (tertiary/aromatic N) is 2. The topological polar surface area (TPSA) is 62.9 Å². The number of hydrogen-bond acceptors (Lipinski definition) is 3. The van der Waals surface area contributed by atoms with Crippen molar-refractivity contribution in [1.29, 1.82) is 0 Å². The van der Waals surface area contributed by atoms with Crippen molar-refractivity contribution in [2.75, 3.05) is 31.5 Å². The molecule has 0 bridgehead atoms. The third-order valence-electron chi connectivity index (χ3n) is 4.20. The molecule has 0 aromatic heterocycles. The molecule has 1 aliphatic heterocycles. The fraction of sp³-hybridized carbons (Fsp3) is 0.350. The number of ether oxygens (including phenoxy) is 1. The fourth-order valence-electron chi connectivity index (χ4n) is 2.95. The Bertz CT molecular complexity index is 681. The molecular formula is C20H26N4O. The van der Waals surface area contributed by atoms with Crippen LogP contribution >= 0.6 is 0 Å². The van der Waals surface area contributed by atoms with Gasteiger partial charge in [-0.25, -0.2) is 0 Å². The average molecular weight is 338 g/mol. The Morgan fingerprint density at radius 2 is 1.80 bits per heavy atom. The highest BCUT2D eigenvalue weighted by Gasteiger charge is 2.09. The molecule has 1 fully saturated rings. The maximum Gasteiger partial charge on any atom is 0.193 e. The highest BCUT2D eigenvalue weighted by molar-refractivity contribution is 5.92. The van der Waals surface area contributed by atoms with E-state index in [1.54, 1.807) is 0 Å². The summed E-state index contributed by atoms with van der Waals surface area (Å²) in [7, 11) is 0. The molecule has 2 aromatic carbocycles. The van der Waals surface area contributed by atoms with Crippen molar-refractivity contribution in [1.82, 2.24) is 4.90 Å². The van der Waals surface area contributed by atoms with E-state index in [1.807, 2.05) is 54.6 Å². The van der Waals surface area contributed by atoms with Gasteiger partial charge in [0.25, 0.3) is 0 Å². The largest absolute Gasteiger partial charge is 0.457 e. The summed E-state index contributed by atoms with van der Waals surface area (Å²) in [5.74, 6) is 2.01. The van der Waals surface area contributed by atoms with Gasteiger partial charge in [-0.05, 0) is 63.2 Å². The summed E-state index contributed by atoms with van der Waals surface area (Å²) >= 11 is 0. The van der Waals surface area contributed by atoms with Crippen molar-refractivity contribution < 1.29 is 4.74 Å². The number of nitrogens with two attached hydrogens (primary N) is 1. The number of likely N-dealkylation sites (tertiary alicyclic amines) is 1. The van der Waals surface area contributed by atoms with Crippen molar-refractivity contribution >= 4 is 11.6 Å². The van der Waals surface area contributed by atoms with Crippen LogP contribution in [0.4, 0.5) is 5.69 Å². The Morgan fingerprint density at radius 3 is 2.60 bits per heavy atom. The zero-order valence-corrected chi connectivity index (χ0v) is 14.5. The Hall–Kier alpha value is -2.53. The molecule has 0 radical (unpaired) electrons. The summed E-state index contributed by atoms with van der Waals surface area (Å²) in [5, 5.41) is 3.13. The number of anilines is 1. The normalized spacial score (nSPS) is 15.3. The molecule has 3 rings (SSSR count). The summed E-state index contributed by atoms with van der Waals surface area (Å²) in [4.78, 5) is 6.90. The number of rotatable bonds is 7. The molecule has 1 saturated heterocycles. The molecule has 0 saturated carbocycles. The lowest BCUT2D eigenvalue weighted by Crippen LogP contribution is -2.24. The van der Waals surface area contributed by atoms with Crippen molar-refractivity contribution in [2.24, 2.45) is 10.7 Å². The molecule has 132 valence electrons. The predicted octanol–water partition coefficient (Wildman–Crippen LogP) is 3.69. The number of benzene rings is 2. The van der Waals surface area contributed by atoms with Gasteiger partial charge >= 0.3 is 0 Å². The highest BCUT2D eigenvalue weighted by Crippen LogP contribution is 2.23. The minimum atomic E-state index is 0.443. The van der Waals surface area contributed by atoms with Crippen LogP contribution < -0.4 is 15.8 Å². The van der Waals surface area contributed by atoms with Crippen LogP contribution in [0.1, 0.15) is 19.3 Å². The molecule has 0 spiro atoms. The van der Waals surface area contributed by atoms with Gasteiger partial charge < -0.3 is 20.7 Å². The van der Waals surface area contributed by atoms with Gasteiger partial charge in [0.1, 0.15) is 11.5 Å². The van der Waals surface area contributed by atoms with Crippen molar-refractivity contribution in [3.05, 3.63) is 54.6 Å². The number of nitrogens with one attached hydrogen (secondary N) is 1. The van der Waals surface area contributed by atoms with E-state index in [0.29, 0.717) is 5.96 Å². The summed E-state index contributed by atoms with van der Waals surface area (Å²) < 4.78 is 5.83. The van der Waals surface area contributed by atoms with E-state index in [4.69, 9.17) is 10.5 Å². The zero-order valence-electron chi connectivity index (χ0n) is 14.5. The van der Waals surface area contributed by atoms with Gasteiger partial charge in [-0.2, -0.15) is 0 Å². The summed E-state index contributed by atoms with van der Waals surface area (Å²) in [6.07, 6.45) is 3.70. The van der Waals surface area contributed by atoms with E-state index in [2.05, 4.69) is 15.2 Å². The van der Waals surface area contributed by atoms with Gasteiger partial charge in [-0.1, -0.05) is 24.3 Å². The molecule has 5 nitrogen and oxygen atoms in total. The standard InChI is InChI=1S/C20H26N4O/c21-20(22-12-7-15-24-13-4-5-14-24)23-17-8-6-11-19(16-17)25-18-9-2-1-3-10-18/h1-3,6,8-11,16H,4-5,7,12-15H2,(H3,21,22,23). The molecule has 0 aliphatic carbocycles. The van der Waals surface area contributed by atoms with E-state index >= 15 is 0 Å². The lowest BCUT2D eigenvalue weighted by atomic mass is 10.3. The van der Waals surface area contributed by atoms with Gasteiger partial charge in [0.15, 0.2) is 5.96 Å². The second-order valence-electron chi connectivity index (χ2n) is 6.24. The maximum absolute atomic E-state index is 5.99. The van der Waals surface area contributed by atoms with E-state index in [-0.39, 0.29) is 0 Å². The van der Waals surface area contributed by atoms with Crippen LogP contribution in [0.15, 0.2) is 59.6 Å². The Morgan fingerprint density at radius 1 is 1.04 bits per heavy atom. The van der Waals surface area contributed by atoms with E-state index in [0.717, 1.165) is 36.7 Å². The predicted molar refractivity (Wildman–Crippen MR) is 103 cm³/mol. The lowest BCUT2D eigenvalue weighted by Gasteiger charge is -2.13. The van der Waals surface area contributed by atoms with Crippen LogP contribution in [0.5, 0.6) is 11.5 Å². The Kier molecular flexibility index (Phi) is 6.29.